The van der Waals surface area contributed by atoms with E-state index in [4.69, 9.17) is 4.74 Å². The van der Waals surface area contributed by atoms with Crippen molar-refractivity contribution in [3.8, 4) is 0 Å². The average Bonchev–Trinajstić information content (AvgIpc) is 2.39. The number of rotatable bonds is 7. The predicted molar refractivity (Wildman–Crippen MR) is 76.4 cm³/mol. The van der Waals surface area contributed by atoms with Crippen LogP contribution in [0.15, 0.2) is 0 Å². The Labute approximate surface area is 120 Å². The van der Waals surface area contributed by atoms with Gasteiger partial charge in [-0.25, -0.2) is 0 Å². The van der Waals surface area contributed by atoms with Crippen molar-refractivity contribution >= 4 is 11.8 Å². The lowest BCUT2D eigenvalue weighted by molar-refractivity contribution is -0.129. The van der Waals surface area contributed by atoms with E-state index in [9.17, 15) is 9.59 Å². The van der Waals surface area contributed by atoms with Crippen LogP contribution in [0.3, 0.4) is 0 Å². The average molecular weight is 286 g/mol. The summed E-state index contributed by atoms with van der Waals surface area (Å²) in [5.74, 6) is -0.108. The maximum Gasteiger partial charge on any atom is 0.238 e. The molecule has 1 aliphatic rings. The number of likely N-dealkylation sites (N-methyl/N-ethyl adjacent to an activating group) is 1. The smallest absolute Gasteiger partial charge is 0.238 e. The van der Waals surface area contributed by atoms with Crippen LogP contribution in [0.5, 0.6) is 0 Å². The quantitative estimate of drug-likeness (QED) is 0.533. The molecule has 2 atom stereocenters. The Morgan fingerprint density at radius 3 is 2.90 bits per heavy atom. The van der Waals surface area contributed by atoms with Crippen LogP contribution in [0.25, 0.3) is 0 Å². The van der Waals surface area contributed by atoms with Crippen molar-refractivity contribution in [2.75, 3.05) is 46.4 Å². The summed E-state index contributed by atoms with van der Waals surface area (Å²) >= 11 is 0. The normalized spacial score (nSPS) is 21.2. The van der Waals surface area contributed by atoms with E-state index >= 15 is 0 Å². The van der Waals surface area contributed by atoms with Crippen molar-refractivity contribution in [1.29, 1.82) is 0 Å². The zero-order valence-electron chi connectivity index (χ0n) is 12.6. The van der Waals surface area contributed by atoms with E-state index in [-0.39, 0.29) is 30.4 Å². The number of hydrogen-bond acceptors (Lipinski definition) is 5. The lowest BCUT2D eigenvalue weighted by Crippen LogP contribution is -2.60. The van der Waals surface area contributed by atoms with Gasteiger partial charge < -0.3 is 20.7 Å². The highest BCUT2D eigenvalue weighted by atomic mass is 16.5. The monoisotopic (exact) mass is 286 g/mol. The fraction of sp³-hybridized carbons (Fsp3) is 0.846. The van der Waals surface area contributed by atoms with Gasteiger partial charge in [-0.2, -0.15) is 0 Å². The second kappa shape index (κ2) is 8.89. The third-order valence-electron chi connectivity index (χ3n) is 3.18. The van der Waals surface area contributed by atoms with E-state index in [0.717, 1.165) is 6.54 Å². The van der Waals surface area contributed by atoms with Gasteiger partial charge in [-0.1, -0.05) is 0 Å². The molecule has 1 fully saturated rings. The lowest BCUT2D eigenvalue weighted by Gasteiger charge is -2.34. The number of ether oxygens (including phenoxy) is 1. The first-order valence-electron chi connectivity index (χ1n) is 7.09. The molecule has 0 aromatic rings. The van der Waals surface area contributed by atoms with E-state index in [1.807, 2.05) is 18.7 Å². The summed E-state index contributed by atoms with van der Waals surface area (Å²) in [6.07, 6.45) is 0. The van der Waals surface area contributed by atoms with Crippen molar-refractivity contribution in [3.63, 3.8) is 0 Å². The molecule has 1 saturated heterocycles. The first kappa shape index (κ1) is 16.9. The zero-order valence-corrected chi connectivity index (χ0v) is 12.6. The maximum absolute atomic E-state index is 12.0. The van der Waals surface area contributed by atoms with Crippen LogP contribution < -0.4 is 16.0 Å². The molecule has 2 unspecified atom stereocenters. The van der Waals surface area contributed by atoms with Crippen LogP contribution in [0.1, 0.15) is 13.8 Å². The molecule has 7 heteroatoms. The first-order chi connectivity index (χ1) is 9.58. The summed E-state index contributed by atoms with van der Waals surface area (Å²) in [7, 11) is 1.60. The van der Waals surface area contributed by atoms with Crippen LogP contribution >= 0.6 is 0 Å². The Balaban J connectivity index is 2.49. The van der Waals surface area contributed by atoms with Crippen molar-refractivity contribution in [1.82, 2.24) is 20.9 Å². The molecule has 0 aromatic heterocycles. The molecule has 0 radical (unpaired) electrons. The molecule has 2 amide bonds. The van der Waals surface area contributed by atoms with Gasteiger partial charge in [0.15, 0.2) is 0 Å². The van der Waals surface area contributed by atoms with Gasteiger partial charge in [-0.15, -0.1) is 0 Å². The van der Waals surface area contributed by atoms with Crippen LogP contribution in [0.4, 0.5) is 0 Å². The standard InChI is InChI=1S/C13H26N4O3/c1-4-15-13(19)11-7-14-5-6-17(11)8-12(18)16-10(2)9-20-3/h10-11,14H,4-9H2,1-3H3,(H,15,19)(H,16,18). The van der Waals surface area contributed by atoms with E-state index in [2.05, 4.69) is 16.0 Å². The zero-order chi connectivity index (χ0) is 15.0. The fourth-order valence-electron chi connectivity index (χ4n) is 2.28. The second-order valence-electron chi connectivity index (χ2n) is 5.01. The Bertz CT molecular complexity index is 325. The van der Waals surface area contributed by atoms with Gasteiger partial charge in [0.05, 0.1) is 13.2 Å². The van der Waals surface area contributed by atoms with E-state index in [1.54, 1.807) is 7.11 Å². The molecule has 1 heterocycles. The Kier molecular flexibility index (Phi) is 7.50. The second-order valence-corrected chi connectivity index (χ2v) is 5.01. The van der Waals surface area contributed by atoms with Crippen LogP contribution in [0.2, 0.25) is 0 Å². The van der Waals surface area contributed by atoms with Gasteiger partial charge in [0.1, 0.15) is 6.04 Å². The van der Waals surface area contributed by atoms with Crippen LogP contribution in [-0.2, 0) is 14.3 Å². The number of hydrogen-bond donors (Lipinski definition) is 3. The largest absolute Gasteiger partial charge is 0.383 e. The summed E-state index contributed by atoms with van der Waals surface area (Å²) in [5, 5.41) is 8.85. The van der Waals surface area contributed by atoms with Gasteiger partial charge >= 0.3 is 0 Å². The Morgan fingerprint density at radius 2 is 2.25 bits per heavy atom. The summed E-state index contributed by atoms with van der Waals surface area (Å²) < 4.78 is 4.98. The van der Waals surface area contributed by atoms with Crippen molar-refractivity contribution < 1.29 is 14.3 Å². The predicted octanol–water partition coefficient (Wildman–Crippen LogP) is -1.45. The van der Waals surface area contributed by atoms with Crippen molar-refractivity contribution in [3.05, 3.63) is 0 Å². The van der Waals surface area contributed by atoms with E-state index in [1.165, 1.54) is 0 Å². The molecule has 116 valence electrons. The topological polar surface area (TPSA) is 82.7 Å². The molecule has 1 rings (SSSR count). The number of nitrogens with zero attached hydrogens (tertiary/aromatic N) is 1. The molecule has 0 bridgehead atoms. The molecule has 0 saturated carbocycles. The van der Waals surface area contributed by atoms with Crippen molar-refractivity contribution in [2.24, 2.45) is 0 Å². The highest BCUT2D eigenvalue weighted by Crippen LogP contribution is 2.03. The molecule has 0 spiro atoms. The minimum absolute atomic E-state index is 0.0293. The van der Waals surface area contributed by atoms with E-state index in [0.29, 0.717) is 26.2 Å². The Morgan fingerprint density at radius 1 is 1.50 bits per heavy atom. The first-order valence-corrected chi connectivity index (χ1v) is 7.09. The maximum atomic E-state index is 12.0. The van der Waals surface area contributed by atoms with Gasteiger partial charge in [-0.05, 0) is 13.8 Å². The molecule has 0 aromatic carbocycles. The van der Waals surface area contributed by atoms with E-state index < -0.39 is 0 Å². The molecule has 1 aliphatic heterocycles. The Hall–Kier alpha value is -1.18. The fourth-order valence-corrected chi connectivity index (χ4v) is 2.28. The number of carbonyl (C=O) groups excluding carboxylic acids is 2. The number of methoxy groups -OCH3 is 1. The molecular formula is C13H26N4O3. The van der Waals surface area contributed by atoms with Gasteiger partial charge in [-0.3, -0.25) is 14.5 Å². The number of amides is 2. The molecule has 20 heavy (non-hydrogen) atoms. The third-order valence-corrected chi connectivity index (χ3v) is 3.18. The van der Waals surface area contributed by atoms with Crippen molar-refractivity contribution in [2.45, 2.75) is 25.9 Å². The molecular weight excluding hydrogens is 260 g/mol. The van der Waals surface area contributed by atoms with Crippen LogP contribution in [0, 0.1) is 0 Å². The minimum Gasteiger partial charge on any atom is -0.383 e. The SMILES string of the molecule is CCNC(=O)C1CNCCN1CC(=O)NC(C)COC. The lowest BCUT2D eigenvalue weighted by atomic mass is 10.1. The molecule has 0 aliphatic carbocycles. The molecule has 7 nitrogen and oxygen atoms in total. The summed E-state index contributed by atoms with van der Waals surface area (Å²) in [6, 6.07) is -0.314. The van der Waals surface area contributed by atoms with Crippen LogP contribution in [-0.4, -0.2) is 75.2 Å². The van der Waals surface area contributed by atoms with Gasteiger partial charge in [0.2, 0.25) is 11.8 Å². The number of nitrogens with one attached hydrogen (secondary N) is 3. The van der Waals surface area contributed by atoms with Gasteiger partial charge in [0, 0.05) is 39.3 Å². The number of piperazine rings is 1. The van der Waals surface area contributed by atoms with Gasteiger partial charge in [0.25, 0.3) is 0 Å². The summed E-state index contributed by atoms with van der Waals surface area (Å²) in [5.41, 5.74) is 0. The highest BCUT2D eigenvalue weighted by Gasteiger charge is 2.29. The summed E-state index contributed by atoms with van der Waals surface area (Å²) in [6.45, 7) is 7.14. The summed E-state index contributed by atoms with van der Waals surface area (Å²) in [4.78, 5) is 25.8. The highest BCUT2D eigenvalue weighted by molar-refractivity contribution is 5.84. The number of carbonyl (C=O) groups is 2. The minimum atomic E-state index is -0.285. The molecule has 3 N–H and O–H groups in total. The third kappa shape index (κ3) is 5.44.